The number of carbonyl (C=O) groups is 1. The maximum absolute atomic E-state index is 11.6. The molecule has 0 radical (unpaired) electrons. The van der Waals surface area contributed by atoms with Gasteiger partial charge in [-0.15, -0.1) is 0 Å². The molecule has 0 aromatic carbocycles. The molecule has 1 rings (SSSR count). The molecule has 6 heteroatoms. The third-order valence-electron chi connectivity index (χ3n) is 2.89. The van der Waals surface area contributed by atoms with Crippen LogP contribution >= 0.6 is 12.2 Å². The molecule has 1 aromatic rings. The lowest BCUT2D eigenvalue weighted by molar-refractivity contribution is -0.137. The van der Waals surface area contributed by atoms with Gasteiger partial charge in [-0.3, -0.25) is 4.98 Å². The standard InChI is InChI=1S/C14H20N2O3S/c1-3-12(17)19-9-7-5-4-6-8-16-10-11(2)13(20)15-14(16)18/h3,10H,1,4-9H2,2H3,(H,15,18,20). The SMILES string of the molecule is C=CC(=O)OCCCCCCn1cc(C)c(=S)[nH]c1=O. The minimum atomic E-state index is -0.383. The Labute approximate surface area is 123 Å². The Balaban J connectivity index is 2.23. The molecule has 110 valence electrons. The largest absolute Gasteiger partial charge is 0.463 e. The number of aromatic amines is 1. The maximum Gasteiger partial charge on any atom is 0.330 e. The van der Waals surface area contributed by atoms with Gasteiger partial charge in [0.1, 0.15) is 4.64 Å². The predicted octanol–water partition coefficient (Wildman–Crippen LogP) is 2.50. The van der Waals surface area contributed by atoms with Gasteiger partial charge in [0.25, 0.3) is 0 Å². The van der Waals surface area contributed by atoms with Crippen LogP contribution in [0.4, 0.5) is 0 Å². The van der Waals surface area contributed by atoms with E-state index in [1.807, 2.05) is 6.92 Å². The number of hydrogen-bond donors (Lipinski definition) is 1. The van der Waals surface area contributed by atoms with Crippen molar-refractivity contribution in [1.82, 2.24) is 9.55 Å². The van der Waals surface area contributed by atoms with E-state index in [0.717, 1.165) is 37.3 Å². The summed E-state index contributed by atoms with van der Waals surface area (Å²) >= 11 is 5.00. The summed E-state index contributed by atoms with van der Waals surface area (Å²) < 4.78 is 7.01. The second-order valence-electron chi connectivity index (χ2n) is 4.55. The van der Waals surface area contributed by atoms with Crippen molar-refractivity contribution in [2.24, 2.45) is 0 Å². The van der Waals surface area contributed by atoms with Crippen LogP contribution in [-0.2, 0) is 16.1 Å². The van der Waals surface area contributed by atoms with Crippen molar-refractivity contribution < 1.29 is 9.53 Å². The van der Waals surface area contributed by atoms with E-state index in [-0.39, 0.29) is 11.7 Å². The first kappa shape index (κ1) is 16.4. The van der Waals surface area contributed by atoms with Crippen LogP contribution in [-0.4, -0.2) is 22.1 Å². The van der Waals surface area contributed by atoms with E-state index in [4.69, 9.17) is 17.0 Å². The smallest absolute Gasteiger partial charge is 0.330 e. The molecule has 0 aliphatic heterocycles. The number of aryl methyl sites for hydroxylation is 2. The van der Waals surface area contributed by atoms with Crippen LogP contribution in [0.25, 0.3) is 0 Å². The Morgan fingerprint density at radius 2 is 2.15 bits per heavy atom. The van der Waals surface area contributed by atoms with Crippen LogP contribution in [0.1, 0.15) is 31.2 Å². The molecule has 20 heavy (non-hydrogen) atoms. The van der Waals surface area contributed by atoms with Crippen molar-refractivity contribution >= 4 is 18.2 Å². The molecule has 0 spiro atoms. The highest BCUT2D eigenvalue weighted by molar-refractivity contribution is 7.71. The quantitative estimate of drug-likeness (QED) is 0.346. The van der Waals surface area contributed by atoms with Gasteiger partial charge in [-0.2, -0.15) is 0 Å². The van der Waals surface area contributed by atoms with Gasteiger partial charge in [0, 0.05) is 24.4 Å². The van der Waals surface area contributed by atoms with Crippen LogP contribution < -0.4 is 5.69 Å². The third kappa shape index (κ3) is 5.52. The predicted molar refractivity (Wildman–Crippen MR) is 80.2 cm³/mol. The van der Waals surface area contributed by atoms with E-state index in [2.05, 4.69) is 11.6 Å². The lowest BCUT2D eigenvalue weighted by atomic mass is 10.2. The summed E-state index contributed by atoms with van der Waals surface area (Å²) in [5.41, 5.74) is 0.733. The number of aromatic nitrogens is 2. The van der Waals surface area contributed by atoms with E-state index >= 15 is 0 Å². The molecule has 0 aliphatic rings. The normalized spacial score (nSPS) is 10.2. The first-order valence-corrected chi connectivity index (χ1v) is 7.05. The summed E-state index contributed by atoms with van der Waals surface area (Å²) in [5.74, 6) is -0.383. The zero-order valence-electron chi connectivity index (χ0n) is 11.7. The van der Waals surface area contributed by atoms with Crippen molar-refractivity contribution in [2.45, 2.75) is 39.2 Å². The summed E-state index contributed by atoms with van der Waals surface area (Å²) in [7, 11) is 0. The van der Waals surface area contributed by atoms with Gasteiger partial charge < -0.3 is 9.30 Å². The van der Waals surface area contributed by atoms with Crippen molar-refractivity contribution in [2.75, 3.05) is 6.61 Å². The molecule has 0 saturated carbocycles. The number of rotatable bonds is 8. The van der Waals surface area contributed by atoms with E-state index in [0.29, 0.717) is 17.8 Å². The summed E-state index contributed by atoms with van der Waals surface area (Å²) in [6, 6.07) is 0. The molecule has 0 atom stereocenters. The summed E-state index contributed by atoms with van der Waals surface area (Å²) in [4.78, 5) is 25.1. The molecule has 0 unspecified atom stereocenters. The van der Waals surface area contributed by atoms with Crippen molar-refractivity contribution in [3.8, 4) is 0 Å². The number of H-pyrrole nitrogens is 1. The molecule has 0 fully saturated rings. The number of esters is 1. The number of carbonyl (C=O) groups excluding carboxylic acids is 1. The van der Waals surface area contributed by atoms with Crippen LogP contribution in [0.5, 0.6) is 0 Å². The minimum absolute atomic E-state index is 0.166. The van der Waals surface area contributed by atoms with Crippen LogP contribution in [0.2, 0.25) is 0 Å². The Kier molecular flexibility index (Phi) is 6.93. The summed E-state index contributed by atoms with van der Waals surface area (Å²) in [6.07, 6.45) is 6.61. The fourth-order valence-electron chi connectivity index (χ4n) is 1.75. The third-order valence-corrected chi connectivity index (χ3v) is 3.32. The highest BCUT2D eigenvalue weighted by Gasteiger charge is 1.99. The highest BCUT2D eigenvalue weighted by atomic mass is 32.1. The average Bonchev–Trinajstić information content (AvgIpc) is 2.42. The van der Waals surface area contributed by atoms with Crippen LogP contribution in [0.15, 0.2) is 23.6 Å². The van der Waals surface area contributed by atoms with Gasteiger partial charge in [-0.25, -0.2) is 9.59 Å². The number of hydrogen-bond acceptors (Lipinski definition) is 4. The Hall–Kier alpha value is -1.69. The van der Waals surface area contributed by atoms with Gasteiger partial charge in [0.05, 0.1) is 6.61 Å². The number of ether oxygens (including phenoxy) is 1. The van der Waals surface area contributed by atoms with E-state index < -0.39 is 0 Å². The van der Waals surface area contributed by atoms with Crippen molar-refractivity contribution in [3.05, 3.63) is 39.5 Å². The second kappa shape index (κ2) is 8.47. The van der Waals surface area contributed by atoms with E-state index in [1.165, 1.54) is 0 Å². The first-order valence-electron chi connectivity index (χ1n) is 6.64. The van der Waals surface area contributed by atoms with Gasteiger partial charge in [-0.1, -0.05) is 25.2 Å². The molecule has 5 nitrogen and oxygen atoms in total. The maximum atomic E-state index is 11.6. The van der Waals surface area contributed by atoms with Gasteiger partial charge in [0.2, 0.25) is 0 Å². The molecule has 1 aromatic heterocycles. The zero-order valence-corrected chi connectivity index (χ0v) is 12.5. The fraction of sp³-hybridized carbons (Fsp3) is 0.500. The van der Waals surface area contributed by atoms with Crippen LogP contribution in [0.3, 0.4) is 0 Å². The summed E-state index contributed by atoms with van der Waals surface area (Å²) in [5, 5.41) is 0. The molecule has 0 saturated heterocycles. The number of unbranched alkanes of at least 4 members (excludes halogenated alkanes) is 3. The molecule has 1 heterocycles. The molecular formula is C14H20N2O3S. The first-order chi connectivity index (χ1) is 9.54. The topological polar surface area (TPSA) is 64.1 Å². The van der Waals surface area contributed by atoms with Crippen molar-refractivity contribution in [1.29, 1.82) is 0 Å². The lowest BCUT2D eigenvalue weighted by Crippen LogP contribution is -2.23. The zero-order chi connectivity index (χ0) is 15.0. The number of nitrogens with one attached hydrogen (secondary N) is 1. The minimum Gasteiger partial charge on any atom is -0.463 e. The lowest BCUT2D eigenvalue weighted by Gasteiger charge is -2.06. The molecule has 0 bridgehead atoms. The van der Waals surface area contributed by atoms with Crippen LogP contribution in [0, 0.1) is 11.6 Å². The average molecular weight is 296 g/mol. The van der Waals surface area contributed by atoms with Gasteiger partial charge in [-0.05, 0) is 26.2 Å². The second-order valence-corrected chi connectivity index (χ2v) is 4.96. The Morgan fingerprint density at radius 3 is 2.85 bits per heavy atom. The monoisotopic (exact) mass is 296 g/mol. The number of nitrogens with zero attached hydrogens (tertiary/aromatic N) is 1. The highest BCUT2D eigenvalue weighted by Crippen LogP contribution is 2.03. The molecular weight excluding hydrogens is 276 g/mol. The van der Waals surface area contributed by atoms with Gasteiger partial charge >= 0.3 is 11.7 Å². The van der Waals surface area contributed by atoms with E-state index in [9.17, 15) is 9.59 Å². The Bertz CT molecular complexity index is 575. The molecule has 0 aliphatic carbocycles. The molecule has 0 amide bonds. The summed E-state index contributed by atoms with van der Waals surface area (Å²) in [6.45, 7) is 6.29. The fourth-order valence-corrected chi connectivity index (χ4v) is 1.89. The van der Waals surface area contributed by atoms with E-state index in [1.54, 1.807) is 10.8 Å². The van der Waals surface area contributed by atoms with Gasteiger partial charge in [0.15, 0.2) is 0 Å². The van der Waals surface area contributed by atoms with Crippen molar-refractivity contribution in [3.63, 3.8) is 0 Å². The Morgan fingerprint density at radius 1 is 1.45 bits per heavy atom. The molecule has 1 N–H and O–H groups in total.